The molecule has 0 radical (unpaired) electrons. The van der Waals surface area contributed by atoms with Gasteiger partial charge in [0.25, 0.3) is 5.56 Å². The second-order valence-electron chi connectivity index (χ2n) is 9.76. The van der Waals surface area contributed by atoms with Crippen molar-refractivity contribution >= 4 is 10.9 Å². The van der Waals surface area contributed by atoms with Crippen LogP contribution in [0.5, 0.6) is 0 Å². The predicted octanol–water partition coefficient (Wildman–Crippen LogP) is 5.16. The van der Waals surface area contributed by atoms with E-state index >= 15 is 0 Å². The number of hydrogen-bond donors (Lipinski definition) is 1. The normalized spacial score (nSPS) is 15.3. The molecule has 0 unspecified atom stereocenters. The summed E-state index contributed by atoms with van der Waals surface area (Å²) >= 11 is 0. The maximum atomic E-state index is 13.2. The van der Waals surface area contributed by atoms with Crippen LogP contribution in [0.25, 0.3) is 10.9 Å². The van der Waals surface area contributed by atoms with E-state index in [-0.39, 0.29) is 11.6 Å². The Labute approximate surface area is 206 Å². The lowest BCUT2D eigenvalue weighted by molar-refractivity contribution is 0.108. The van der Waals surface area contributed by atoms with E-state index in [0.29, 0.717) is 19.1 Å². The number of aryl methyl sites for hydroxylation is 1. The number of para-hydroxylation sites is 1. The molecule has 0 saturated heterocycles. The second kappa shape index (κ2) is 10.5. The van der Waals surface area contributed by atoms with Gasteiger partial charge in [0.05, 0.1) is 18.1 Å². The molecule has 5 rings (SSSR count). The summed E-state index contributed by atoms with van der Waals surface area (Å²) < 4.78 is 1.94. The fraction of sp³-hybridized carbons (Fsp3) is 0.429. The van der Waals surface area contributed by atoms with Gasteiger partial charge in [-0.25, -0.2) is 4.68 Å². The van der Waals surface area contributed by atoms with Crippen molar-refractivity contribution in [1.82, 2.24) is 30.1 Å². The monoisotopic (exact) mass is 470 g/mol. The Balaban J connectivity index is 1.52. The van der Waals surface area contributed by atoms with Gasteiger partial charge >= 0.3 is 0 Å². The number of tetrazole rings is 1. The molecule has 1 fully saturated rings. The molecule has 0 spiro atoms. The van der Waals surface area contributed by atoms with Crippen LogP contribution < -0.4 is 5.56 Å². The molecule has 0 aliphatic heterocycles. The highest BCUT2D eigenvalue weighted by molar-refractivity contribution is 5.81. The van der Waals surface area contributed by atoms with Gasteiger partial charge in [0.1, 0.15) is 0 Å². The molecule has 1 atom stereocenters. The van der Waals surface area contributed by atoms with E-state index in [9.17, 15) is 4.79 Å². The van der Waals surface area contributed by atoms with Crippen LogP contribution in [0.2, 0.25) is 0 Å². The van der Waals surface area contributed by atoms with E-state index < -0.39 is 0 Å². The van der Waals surface area contributed by atoms with Gasteiger partial charge in [-0.3, -0.25) is 9.69 Å². The Morgan fingerprint density at radius 2 is 1.91 bits per heavy atom. The van der Waals surface area contributed by atoms with Crippen LogP contribution in [0.15, 0.2) is 59.4 Å². The predicted molar refractivity (Wildman–Crippen MR) is 138 cm³/mol. The first kappa shape index (κ1) is 23.4. The van der Waals surface area contributed by atoms with Crippen molar-refractivity contribution in [2.24, 2.45) is 0 Å². The molecule has 182 valence electrons. The van der Waals surface area contributed by atoms with Gasteiger partial charge in [-0.15, -0.1) is 5.10 Å². The fourth-order valence-electron chi connectivity index (χ4n) is 5.51. The minimum Gasteiger partial charge on any atom is -0.321 e. The molecule has 4 aromatic rings. The quantitative estimate of drug-likeness (QED) is 0.366. The number of aromatic nitrogens is 5. The molecule has 2 aromatic heterocycles. The zero-order valence-electron chi connectivity index (χ0n) is 20.7. The molecule has 7 nitrogen and oxygen atoms in total. The Kier molecular flexibility index (Phi) is 7.04. The molecule has 1 saturated carbocycles. The summed E-state index contributed by atoms with van der Waals surface area (Å²) in [7, 11) is 0. The van der Waals surface area contributed by atoms with Gasteiger partial charge in [0.2, 0.25) is 0 Å². The molecule has 0 bridgehead atoms. The highest BCUT2D eigenvalue weighted by atomic mass is 16.1. The van der Waals surface area contributed by atoms with Crippen LogP contribution in [-0.4, -0.2) is 36.1 Å². The molecule has 1 aliphatic carbocycles. The fourth-order valence-corrected chi connectivity index (χ4v) is 5.51. The van der Waals surface area contributed by atoms with Crippen LogP contribution in [0.3, 0.4) is 0 Å². The Morgan fingerprint density at radius 3 is 2.69 bits per heavy atom. The Bertz CT molecular complexity index is 1320. The summed E-state index contributed by atoms with van der Waals surface area (Å²) in [6, 6.07) is 19.0. The van der Waals surface area contributed by atoms with Crippen molar-refractivity contribution in [3.63, 3.8) is 0 Å². The molecule has 2 heterocycles. The smallest absolute Gasteiger partial charge is 0.252 e. The zero-order chi connectivity index (χ0) is 24.2. The minimum atomic E-state index is -0.00563. The maximum absolute atomic E-state index is 13.2. The first-order valence-electron chi connectivity index (χ1n) is 12.8. The summed E-state index contributed by atoms with van der Waals surface area (Å²) in [6.07, 6.45) is 6.69. The molecule has 2 aromatic carbocycles. The Hall–Kier alpha value is -3.32. The Morgan fingerprint density at radius 1 is 1.11 bits per heavy atom. The first-order chi connectivity index (χ1) is 17.1. The third-order valence-corrected chi connectivity index (χ3v) is 7.31. The van der Waals surface area contributed by atoms with Gasteiger partial charge in [-0.1, -0.05) is 74.7 Å². The van der Waals surface area contributed by atoms with E-state index in [4.69, 9.17) is 0 Å². The average molecular weight is 471 g/mol. The second-order valence-corrected chi connectivity index (χ2v) is 9.76. The molecule has 1 aliphatic rings. The molecule has 7 heteroatoms. The van der Waals surface area contributed by atoms with E-state index in [1.54, 1.807) is 0 Å². The lowest BCUT2D eigenvalue weighted by Crippen LogP contribution is -2.39. The number of nitrogens with one attached hydrogen (secondary N) is 1. The lowest BCUT2D eigenvalue weighted by atomic mass is 10.0. The summed E-state index contributed by atoms with van der Waals surface area (Å²) in [5, 5.41) is 14.0. The van der Waals surface area contributed by atoms with E-state index in [1.165, 1.54) is 18.4 Å². The number of pyridine rings is 1. The number of fused-ring (bicyclic) bond motifs is 1. The standard InChI is InChI=1S/C28H34N6O/c1-3-10-25(27-30-31-32-34(27)18-21-12-5-4-6-13-21)33(24-15-7-8-16-24)19-23-17-22-14-9-11-20(2)26(22)29-28(23)35/h4-6,9,11-14,17,24-25H,3,7-8,10,15-16,18-19H2,1-2H3,(H,29,35)/t25-/m0/s1. The first-order valence-corrected chi connectivity index (χ1v) is 12.8. The number of benzene rings is 2. The molecule has 1 N–H and O–H groups in total. The van der Waals surface area contributed by atoms with Crippen molar-refractivity contribution in [2.45, 2.75) is 77.5 Å². The van der Waals surface area contributed by atoms with Crippen LogP contribution >= 0.6 is 0 Å². The molecule has 35 heavy (non-hydrogen) atoms. The van der Waals surface area contributed by atoms with Crippen LogP contribution in [0, 0.1) is 6.92 Å². The minimum absolute atomic E-state index is 0.00563. The third-order valence-electron chi connectivity index (χ3n) is 7.31. The zero-order valence-corrected chi connectivity index (χ0v) is 20.7. The van der Waals surface area contributed by atoms with Gasteiger partial charge in [0.15, 0.2) is 5.82 Å². The summed E-state index contributed by atoms with van der Waals surface area (Å²) in [4.78, 5) is 18.8. The van der Waals surface area contributed by atoms with Gasteiger partial charge < -0.3 is 4.98 Å². The number of H-pyrrole nitrogens is 1. The highest BCUT2D eigenvalue weighted by Gasteiger charge is 2.33. The third kappa shape index (κ3) is 5.05. The number of nitrogens with zero attached hydrogens (tertiary/aromatic N) is 5. The summed E-state index contributed by atoms with van der Waals surface area (Å²) in [6.45, 7) is 5.47. The SMILES string of the molecule is CCC[C@@H](c1nnnn1Cc1ccccc1)N(Cc1cc2cccc(C)c2[nH]c1=O)C1CCCC1. The number of hydrogen-bond acceptors (Lipinski definition) is 5. The van der Waals surface area contributed by atoms with Gasteiger partial charge in [-0.2, -0.15) is 0 Å². The number of rotatable bonds is 9. The lowest BCUT2D eigenvalue weighted by Gasteiger charge is -2.35. The van der Waals surface area contributed by atoms with Crippen LogP contribution in [0.1, 0.15) is 74.0 Å². The topological polar surface area (TPSA) is 79.7 Å². The van der Waals surface area contributed by atoms with Crippen LogP contribution in [-0.2, 0) is 13.1 Å². The summed E-state index contributed by atoms with van der Waals surface area (Å²) in [5.74, 6) is 0.885. The van der Waals surface area contributed by atoms with Crippen LogP contribution in [0.4, 0.5) is 0 Å². The van der Waals surface area contributed by atoms with Crippen molar-refractivity contribution in [3.8, 4) is 0 Å². The number of aromatic amines is 1. The van der Waals surface area contributed by atoms with Gasteiger partial charge in [0, 0.05) is 18.2 Å². The summed E-state index contributed by atoms with van der Waals surface area (Å²) in [5.41, 5.74) is 3.98. The highest BCUT2D eigenvalue weighted by Crippen LogP contribution is 2.34. The van der Waals surface area contributed by atoms with Crippen molar-refractivity contribution in [1.29, 1.82) is 0 Å². The maximum Gasteiger partial charge on any atom is 0.252 e. The van der Waals surface area contributed by atoms with E-state index in [0.717, 1.165) is 53.5 Å². The van der Waals surface area contributed by atoms with Crippen molar-refractivity contribution in [2.75, 3.05) is 0 Å². The van der Waals surface area contributed by atoms with Crippen molar-refractivity contribution in [3.05, 3.63) is 87.5 Å². The molecule has 0 amide bonds. The van der Waals surface area contributed by atoms with E-state index in [2.05, 4.69) is 56.6 Å². The average Bonchev–Trinajstić information content (AvgIpc) is 3.56. The van der Waals surface area contributed by atoms with Gasteiger partial charge in [-0.05, 0) is 59.2 Å². The van der Waals surface area contributed by atoms with Crippen molar-refractivity contribution < 1.29 is 0 Å². The largest absolute Gasteiger partial charge is 0.321 e. The molecular formula is C28H34N6O. The van der Waals surface area contributed by atoms with E-state index in [1.807, 2.05) is 41.9 Å². The molecular weight excluding hydrogens is 436 g/mol.